The van der Waals surface area contributed by atoms with Crippen LogP contribution in [-0.4, -0.2) is 72.9 Å². The summed E-state index contributed by atoms with van der Waals surface area (Å²) in [4.78, 5) is 54.2. The third-order valence-corrected chi connectivity index (χ3v) is 11.5. The highest BCUT2D eigenvalue weighted by atomic mass is 35.5. The van der Waals surface area contributed by atoms with E-state index in [1.807, 2.05) is 36.4 Å². The lowest BCUT2D eigenvalue weighted by atomic mass is 9.88. The van der Waals surface area contributed by atoms with E-state index in [1.165, 1.54) is 22.8 Å². The number of carbonyl (C=O) groups excluding carboxylic acids is 3. The van der Waals surface area contributed by atoms with Crippen molar-refractivity contribution in [2.75, 3.05) is 50.1 Å². The van der Waals surface area contributed by atoms with Gasteiger partial charge in [0.1, 0.15) is 23.4 Å². The summed E-state index contributed by atoms with van der Waals surface area (Å²) in [5.41, 5.74) is 4.11. The molecule has 7 rings (SSSR count). The number of aromatic nitrogens is 1. The molecule has 0 aliphatic carbocycles. The lowest BCUT2D eigenvalue weighted by Crippen LogP contribution is -2.47. The van der Waals surface area contributed by atoms with Crippen LogP contribution in [-0.2, 0) is 27.9 Å². The molecular weight excluding hydrogens is 697 g/mol. The number of halogens is 2. The molecule has 3 aliphatic rings. The number of Topliss-reactive ketones (excluding diaryl/α,β-unsaturated/α-hetero) is 1. The predicted octanol–water partition coefficient (Wildman–Crippen LogP) is 5.96. The van der Waals surface area contributed by atoms with E-state index >= 15 is 0 Å². The van der Waals surface area contributed by atoms with Gasteiger partial charge in [-0.1, -0.05) is 11.6 Å². The minimum absolute atomic E-state index is 0.0552. The number of pyridine rings is 1. The number of rotatable bonds is 10. The first-order valence-corrected chi connectivity index (χ1v) is 18.8. The van der Waals surface area contributed by atoms with Gasteiger partial charge in [0.2, 0.25) is 11.8 Å². The fraction of sp³-hybridized carbons (Fsp3) is 0.415. The number of amides is 2. The number of nitrogens with one attached hydrogen (secondary N) is 2. The van der Waals surface area contributed by atoms with Crippen molar-refractivity contribution in [3.8, 4) is 16.9 Å². The quantitative estimate of drug-likeness (QED) is 0.192. The van der Waals surface area contributed by atoms with Gasteiger partial charge in [0.15, 0.2) is 0 Å². The molecule has 4 aromatic rings. The molecule has 3 aliphatic heterocycles. The van der Waals surface area contributed by atoms with E-state index in [0.717, 1.165) is 80.8 Å². The highest BCUT2D eigenvalue weighted by Crippen LogP contribution is 2.38. The highest BCUT2D eigenvalue weighted by molar-refractivity contribution is 6.32. The highest BCUT2D eigenvalue weighted by Gasteiger charge is 2.30. The van der Waals surface area contributed by atoms with Gasteiger partial charge >= 0.3 is 0 Å². The Balaban J connectivity index is 0.900. The van der Waals surface area contributed by atoms with Crippen molar-refractivity contribution in [2.45, 2.75) is 51.0 Å². The average molecular weight is 742 g/mol. The van der Waals surface area contributed by atoms with Crippen molar-refractivity contribution < 1.29 is 23.5 Å². The molecule has 278 valence electrons. The van der Waals surface area contributed by atoms with Crippen LogP contribution in [0.3, 0.4) is 0 Å². The van der Waals surface area contributed by atoms with Crippen molar-refractivity contribution in [3.05, 3.63) is 87.6 Å². The molecule has 1 unspecified atom stereocenters. The second kappa shape index (κ2) is 15.7. The Morgan fingerprint density at radius 3 is 2.38 bits per heavy atom. The van der Waals surface area contributed by atoms with Crippen molar-refractivity contribution in [3.63, 3.8) is 0 Å². The van der Waals surface area contributed by atoms with Crippen molar-refractivity contribution in [1.82, 2.24) is 14.8 Å². The molecule has 2 N–H and O–H groups in total. The van der Waals surface area contributed by atoms with E-state index in [9.17, 15) is 23.6 Å². The zero-order valence-corrected chi connectivity index (χ0v) is 30.9. The summed E-state index contributed by atoms with van der Waals surface area (Å²) < 4.78 is 21.6. The smallest absolute Gasteiger partial charge is 0.258 e. The van der Waals surface area contributed by atoms with Gasteiger partial charge in [0, 0.05) is 71.6 Å². The number of imide groups is 1. The molecular formula is C41H45ClFN5O5. The Morgan fingerprint density at radius 2 is 1.68 bits per heavy atom. The van der Waals surface area contributed by atoms with Crippen molar-refractivity contribution in [2.24, 2.45) is 18.9 Å². The molecule has 0 radical (unpaired) electrons. The van der Waals surface area contributed by atoms with E-state index in [2.05, 4.69) is 20.4 Å². The van der Waals surface area contributed by atoms with E-state index < -0.39 is 11.9 Å². The van der Waals surface area contributed by atoms with Gasteiger partial charge < -0.3 is 19.5 Å². The maximum Gasteiger partial charge on any atom is 0.258 e. The Kier molecular flexibility index (Phi) is 10.8. The van der Waals surface area contributed by atoms with Crippen LogP contribution in [0.4, 0.5) is 15.8 Å². The molecule has 0 spiro atoms. The van der Waals surface area contributed by atoms with Crippen LogP contribution in [0.2, 0.25) is 5.02 Å². The zero-order chi connectivity index (χ0) is 37.2. The predicted molar refractivity (Wildman–Crippen MR) is 205 cm³/mol. The van der Waals surface area contributed by atoms with Crippen LogP contribution >= 0.6 is 11.6 Å². The number of likely N-dealkylation sites (tertiary alicyclic amines) is 1. The second-order valence-electron chi connectivity index (χ2n) is 14.6. The molecule has 10 nitrogen and oxygen atoms in total. The summed E-state index contributed by atoms with van der Waals surface area (Å²) in [7, 11) is 3.30. The molecule has 0 bridgehead atoms. The fourth-order valence-corrected chi connectivity index (χ4v) is 8.35. The molecule has 12 heteroatoms. The van der Waals surface area contributed by atoms with E-state index in [-0.39, 0.29) is 23.3 Å². The normalized spacial score (nSPS) is 19.0. The monoisotopic (exact) mass is 741 g/mol. The molecule has 1 atom stereocenters. The molecule has 2 amide bonds. The summed E-state index contributed by atoms with van der Waals surface area (Å²) in [6.07, 6.45) is 6.82. The van der Waals surface area contributed by atoms with E-state index in [4.69, 9.17) is 16.3 Å². The first-order chi connectivity index (χ1) is 25.6. The van der Waals surface area contributed by atoms with Gasteiger partial charge in [-0.15, -0.1) is 0 Å². The number of carbonyl (C=O) groups is 3. The lowest BCUT2D eigenvalue weighted by molar-refractivity contribution is -0.133. The number of ketones is 1. The molecule has 1 aromatic heterocycles. The summed E-state index contributed by atoms with van der Waals surface area (Å²) in [5, 5.41) is 7.13. The van der Waals surface area contributed by atoms with Crippen LogP contribution in [0.1, 0.15) is 44.1 Å². The van der Waals surface area contributed by atoms with Crippen LogP contribution in [0.25, 0.3) is 21.9 Å². The van der Waals surface area contributed by atoms with Gasteiger partial charge in [-0.2, -0.15) is 0 Å². The number of ether oxygens (including phenoxy) is 1. The summed E-state index contributed by atoms with van der Waals surface area (Å²) in [6, 6.07) is 15.6. The Bertz CT molecular complexity index is 2090. The van der Waals surface area contributed by atoms with Gasteiger partial charge in [-0.25, -0.2) is 4.39 Å². The average Bonchev–Trinajstić information content (AvgIpc) is 3.16. The number of hydrogen-bond donors (Lipinski definition) is 2. The molecule has 3 fully saturated rings. The maximum absolute atomic E-state index is 14.3. The van der Waals surface area contributed by atoms with Crippen molar-refractivity contribution >= 4 is 51.3 Å². The first kappa shape index (κ1) is 36.6. The van der Waals surface area contributed by atoms with E-state index in [1.54, 1.807) is 20.4 Å². The number of nitrogens with zero attached hydrogens (tertiary/aromatic N) is 3. The topological polar surface area (TPSA) is 113 Å². The Labute approximate surface area is 313 Å². The van der Waals surface area contributed by atoms with Crippen LogP contribution in [0, 0.1) is 17.7 Å². The van der Waals surface area contributed by atoms with Crippen LogP contribution in [0.15, 0.2) is 65.6 Å². The first-order valence-electron chi connectivity index (χ1n) is 18.4. The number of hydrogen-bond acceptors (Lipinski definition) is 8. The third kappa shape index (κ3) is 8.11. The molecule has 53 heavy (non-hydrogen) atoms. The Morgan fingerprint density at radius 1 is 0.943 bits per heavy atom. The third-order valence-electron chi connectivity index (χ3n) is 11.2. The number of anilines is 2. The second-order valence-corrected chi connectivity index (χ2v) is 15.0. The fourth-order valence-electron chi connectivity index (χ4n) is 8.06. The number of piperidine rings is 3. The van der Waals surface area contributed by atoms with Gasteiger partial charge in [-0.3, -0.25) is 29.4 Å². The minimum atomic E-state index is -0.414. The minimum Gasteiger partial charge on any atom is -0.496 e. The molecule has 3 saturated heterocycles. The number of aryl methyl sites for hydroxylation is 1. The summed E-state index contributed by atoms with van der Waals surface area (Å²) >= 11 is 6.91. The van der Waals surface area contributed by atoms with Crippen LogP contribution < -0.4 is 25.8 Å². The SMILES string of the molecule is COc1cc(-c2cn(C)c(=O)c3ccc(F)cc23)cc(Cl)c1CC1CCN(CC(=O)C2CCN(c3ccc(NC4CCC(=O)NC4=O)cc3)CC2)CC1. The van der Waals surface area contributed by atoms with Gasteiger partial charge in [0.05, 0.1) is 13.7 Å². The van der Waals surface area contributed by atoms with Gasteiger partial charge in [-0.05, 0) is 123 Å². The standard InChI is InChI=1S/C41H45ClFN5O5/c1-46-23-34(32-22-28(43)3-8-31(32)41(46)52)27-20-35(42)33(38(21-27)53-2)19-25-11-15-47(16-12-25)24-37(49)26-13-17-48(18-14-26)30-6-4-29(5-7-30)44-36-9-10-39(50)45-40(36)51/h3-8,20-23,25-26,36,44H,9-19,24H2,1-2H3,(H,45,50,51). The summed E-state index contributed by atoms with van der Waals surface area (Å²) in [5.74, 6) is 0.493. The number of methoxy groups -OCH3 is 1. The zero-order valence-electron chi connectivity index (χ0n) is 30.1. The van der Waals surface area contributed by atoms with Crippen molar-refractivity contribution in [1.29, 1.82) is 0 Å². The Hall–Kier alpha value is -4.74. The summed E-state index contributed by atoms with van der Waals surface area (Å²) in [6.45, 7) is 3.81. The molecule has 3 aromatic carbocycles. The number of fused-ring (bicyclic) bond motifs is 1. The maximum atomic E-state index is 14.3. The van der Waals surface area contributed by atoms with Gasteiger partial charge in [0.25, 0.3) is 5.56 Å². The van der Waals surface area contributed by atoms with E-state index in [0.29, 0.717) is 58.2 Å². The number of benzene rings is 3. The largest absolute Gasteiger partial charge is 0.496 e. The lowest BCUT2D eigenvalue weighted by Gasteiger charge is -2.35. The molecule has 4 heterocycles. The molecule has 0 saturated carbocycles. The van der Waals surface area contributed by atoms with Crippen LogP contribution in [0.5, 0.6) is 5.75 Å².